The normalized spacial score (nSPS) is 21.3. The summed E-state index contributed by atoms with van der Waals surface area (Å²) in [6, 6.07) is 2.61. The first-order valence-corrected chi connectivity index (χ1v) is 8.34. The second-order valence-electron chi connectivity index (χ2n) is 5.05. The summed E-state index contributed by atoms with van der Waals surface area (Å²) in [4.78, 5) is -1.99. The number of benzene rings is 1. The van der Waals surface area contributed by atoms with E-state index in [4.69, 9.17) is 40.5 Å². The number of anilines is 1. The lowest BCUT2D eigenvalue weighted by Crippen LogP contribution is -2.31. The number of thioether (sulfide) groups is 1. The smallest absolute Gasteiger partial charge is 0.384 e. The summed E-state index contributed by atoms with van der Waals surface area (Å²) in [5.74, 6) is -0.576. The van der Waals surface area contributed by atoms with Gasteiger partial charge in [-0.25, -0.2) is 0 Å². The van der Waals surface area contributed by atoms with E-state index in [1.54, 1.807) is 0 Å². The minimum absolute atomic E-state index is 0.281. The third-order valence-corrected chi connectivity index (χ3v) is 5.34. The zero-order valence-corrected chi connectivity index (χ0v) is 15.2. The van der Waals surface area contributed by atoms with Crippen molar-refractivity contribution in [1.82, 2.24) is 0 Å². The molecule has 1 heterocycles. The molecular formula is C13H6Cl3F6N3S. The highest BCUT2D eigenvalue weighted by Gasteiger charge is 2.50. The third kappa shape index (κ3) is 4.06. The van der Waals surface area contributed by atoms with E-state index in [-0.39, 0.29) is 5.69 Å². The molecule has 1 aromatic rings. The van der Waals surface area contributed by atoms with Gasteiger partial charge in [0.15, 0.2) is 4.87 Å². The van der Waals surface area contributed by atoms with Crippen molar-refractivity contribution < 1.29 is 26.3 Å². The van der Waals surface area contributed by atoms with E-state index in [0.29, 0.717) is 12.1 Å². The van der Waals surface area contributed by atoms with Crippen molar-refractivity contribution in [2.24, 2.45) is 5.73 Å². The molecule has 0 saturated carbocycles. The van der Waals surface area contributed by atoms with Gasteiger partial charge in [-0.2, -0.15) is 31.6 Å². The monoisotopic (exact) mass is 455 g/mol. The Bertz CT molecular complexity index is 794. The average molecular weight is 457 g/mol. The molecule has 142 valence electrons. The van der Waals surface area contributed by atoms with E-state index < -0.39 is 61.2 Å². The summed E-state index contributed by atoms with van der Waals surface area (Å²) in [6.45, 7) is -0.583. The molecule has 0 spiro atoms. The largest absolute Gasteiger partial charge is 0.446 e. The second-order valence-corrected chi connectivity index (χ2v) is 7.58. The lowest BCUT2D eigenvalue weighted by molar-refractivity contribution is -0.137. The van der Waals surface area contributed by atoms with Crippen LogP contribution in [0.4, 0.5) is 32.0 Å². The standard InChI is InChI=1S/C13H6Cl3F6N3S/c14-6-1-5(12(17,18)19)2-7(15)8(6)25-4-11(16,3-23)9(10(25)24)26-13(20,21)22/h1-2H,4,24H2. The third-order valence-electron chi connectivity index (χ3n) is 3.27. The molecule has 1 unspecified atom stereocenters. The summed E-state index contributed by atoms with van der Waals surface area (Å²) in [5, 5.41) is 8.15. The van der Waals surface area contributed by atoms with Crippen molar-refractivity contribution in [2.75, 3.05) is 11.4 Å². The minimum Gasteiger partial charge on any atom is -0.384 e. The van der Waals surface area contributed by atoms with Gasteiger partial charge in [0.1, 0.15) is 5.82 Å². The summed E-state index contributed by atoms with van der Waals surface area (Å²) >= 11 is 16.9. The van der Waals surface area contributed by atoms with Gasteiger partial charge in [0.2, 0.25) is 0 Å². The molecule has 1 aromatic carbocycles. The predicted octanol–water partition coefficient (Wildman–Crippen LogP) is 5.71. The number of hydrogen-bond donors (Lipinski definition) is 1. The molecule has 0 bridgehead atoms. The molecule has 13 heteroatoms. The van der Waals surface area contributed by atoms with Crippen LogP contribution in [0.3, 0.4) is 0 Å². The van der Waals surface area contributed by atoms with Crippen LogP contribution in [-0.4, -0.2) is 16.9 Å². The Morgan fingerprint density at radius 3 is 2.04 bits per heavy atom. The molecule has 3 nitrogen and oxygen atoms in total. The molecule has 0 radical (unpaired) electrons. The Labute approximate surface area is 162 Å². The molecule has 2 rings (SSSR count). The molecule has 0 aromatic heterocycles. The van der Waals surface area contributed by atoms with Crippen molar-refractivity contribution in [3.63, 3.8) is 0 Å². The minimum atomic E-state index is -4.79. The van der Waals surface area contributed by atoms with E-state index in [2.05, 4.69) is 0 Å². The fourth-order valence-corrected chi connectivity index (χ4v) is 3.96. The molecule has 26 heavy (non-hydrogen) atoms. The topological polar surface area (TPSA) is 53.0 Å². The van der Waals surface area contributed by atoms with E-state index >= 15 is 0 Å². The summed E-state index contributed by atoms with van der Waals surface area (Å²) in [6.07, 6.45) is -4.74. The van der Waals surface area contributed by atoms with Crippen LogP contribution in [0.5, 0.6) is 0 Å². The quantitative estimate of drug-likeness (QED) is 0.457. The number of alkyl halides is 7. The van der Waals surface area contributed by atoms with Gasteiger partial charge in [-0.15, -0.1) is 0 Å². The Balaban J connectivity index is 2.58. The average Bonchev–Trinajstić information content (AvgIpc) is 2.70. The van der Waals surface area contributed by atoms with Crippen molar-refractivity contribution in [3.8, 4) is 6.07 Å². The molecule has 0 saturated heterocycles. The Morgan fingerprint density at radius 2 is 1.65 bits per heavy atom. The lowest BCUT2D eigenvalue weighted by Gasteiger charge is -2.24. The van der Waals surface area contributed by atoms with Crippen molar-refractivity contribution in [2.45, 2.75) is 16.6 Å². The highest BCUT2D eigenvalue weighted by atomic mass is 35.5. The maximum absolute atomic E-state index is 12.8. The van der Waals surface area contributed by atoms with Crippen LogP contribution in [0, 0.1) is 11.3 Å². The van der Waals surface area contributed by atoms with Crippen LogP contribution < -0.4 is 10.6 Å². The van der Waals surface area contributed by atoms with Gasteiger partial charge in [-0.3, -0.25) is 0 Å². The van der Waals surface area contributed by atoms with Gasteiger partial charge in [-0.1, -0.05) is 34.8 Å². The van der Waals surface area contributed by atoms with E-state index in [9.17, 15) is 31.6 Å². The van der Waals surface area contributed by atoms with Gasteiger partial charge in [0, 0.05) is 0 Å². The molecule has 0 aliphatic carbocycles. The molecule has 1 aliphatic heterocycles. The van der Waals surface area contributed by atoms with Gasteiger partial charge >= 0.3 is 11.7 Å². The number of rotatable bonds is 2. The van der Waals surface area contributed by atoms with Crippen LogP contribution >= 0.6 is 46.6 Å². The first kappa shape index (κ1) is 21.2. The van der Waals surface area contributed by atoms with Gasteiger partial charge in [0.05, 0.1) is 38.8 Å². The number of nitriles is 1. The lowest BCUT2D eigenvalue weighted by atomic mass is 10.1. The van der Waals surface area contributed by atoms with Crippen LogP contribution in [0.2, 0.25) is 10.0 Å². The SMILES string of the molecule is N#CC1(Cl)CN(c2c(Cl)cc(C(F)(F)F)cc2Cl)C(N)=C1SC(F)(F)F. The van der Waals surface area contributed by atoms with Crippen LogP contribution in [0.25, 0.3) is 0 Å². The van der Waals surface area contributed by atoms with Crippen LogP contribution in [0.1, 0.15) is 5.56 Å². The zero-order chi connectivity index (χ0) is 20.1. The Morgan fingerprint density at radius 1 is 1.15 bits per heavy atom. The number of nitrogens with two attached hydrogens (primary N) is 1. The number of halogens is 9. The fourth-order valence-electron chi connectivity index (χ4n) is 2.22. The number of hydrogen-bond acceptors (Lipinski definition) is 4. The maximum Gasteiger partial charge on any atom is 0.446 e. The Hall–Kier alpha value is -1.15. The van der Waals surface area contributed by atoms with Crippen molar-refractivity contribution >= 4 is 52.3 Å². The summed E-state index contributed by atoms with van der Waals surface area (Å²) in [5.41, 5.74) is -0.539. The van der Waals surface area contributed by atoms with Crippen molar-refractivity contribution in [3.05, 3.63) is 38.5 Å². The summed E-state index contributed by atoms with van der Waals surface area (Å²) < 4.78 is 76.6. The van der Waals surface area contributed by atoms with E-state index in [1.165, 1.54) is 6.07 Å². The molecule has 2 N–H and O–H groups in total. The maximum atomic E-state index is 12.8. The Kier molecular flexibility index (Phi) is 5.52. The second kappa shape index (κ2) is 6.78. The van der Waals surface area contributed by atoms with Crippen molar-refractivity contribution in [1.29, 1.82) is 5.26 Å². The predicted molar refractivity (Wildman–Crippen MR) is 87.9 cm³/mol. The highest BCUT2D eigenvalue weighted by molar-refractivity contribution is 8.04. The van der Waals surface area contributed by atoms with Crippen LogP contribution in [0.15, 0.2) is 22.9 Å². The number of nitrogens with zero attached hydrogens (tertiary/aromatic N) is 2. The summed E-state index contributed by atoms with van der Waals surface area (Å²) in [7, 11) is 0. The molecule has 1 aliphatic rings. The first-order chi connectivity index (χ1) is 11.7. The first-order valence-electron chi connectivity index (χ1n) is 6.39. The molecular weight excluding hydrogens is 451 g/mol. The highest BCUT2D eigenvalue weighted by Crippen LogP contribution is 2.51. The fraction of sp³-hybridized carbons (Fsp3) is 0.308. The van der Waals surface area contributed by atoms with Crippen LogP contribution in [-0.2, 0) is 6.18 Å². The van der Waals surface area contributed by atoms with Gasteiger partial charge in [0.25, 0.3) is 0 Å². The van der Waals surface area contributed by atoms with Gasteiger partial charge < -0.3 is 10.6 Å². The van der Waals surface area contributed by atoms with E-state index in [1.807, 2.05) is 0 Å². The van der Waals surface area contributed by atoms with Gasteiger partial charge in [-0.05, 0) is 23.9 Å². The zero-order valence-electron chi connectivity index (χ0n) is 12.1. The molecule has 1 atom stereocenters. The molecule has 0 fully saturated rings. The van der Waals surface area contributed by atoms with E-state index in [0.717, 1.165) is 4.90 Å². The molecule has 0 amide bonds.